The molecule has 4 N–H and O–H groups in total. The molecule has 2 rings (SSSR count). The molecule has 19 heavy (non-hydrogen) atoms. The molecule has 0 unspecified atom stereocenters. The molecule has 1 fully saturated rings. The molecular formula is C15H22N2O2. The van der Waals surface area contributed by atoms with Crippen molar-refractivity contribution < 1.29 is 9.90 Å². The Hall–Kier alpha value is -1.55. The van der Waals surface area contributed by atoms with Crippen LogP contribution in [0.2, 0.25) is 0 Å². The van der Waals surface area contributed by atoms with Crippen LogP contribution >= 0.6 is 0 Å². The van der Waals surface area contributed by atoms with Crippen LogP contribution in [0.5, 0.6) is 0 Å². The van der Waals surface area contributed by atoms with Crippen LogP contribution in [0.15, 0.2) is 24.3 Å². The van der Waals surface area contributed by atoms with E-state index in [9.17, 15) is 9.90 Å². The lowest BCUT2D eigenvalue weighted by molar-refractivity contribution is -0.120. The van der Waals surface area contributed by atoms with E-state index in [0.29, 0.717) is 24.6 Å². The summed E-state index contributed by atoms with van der Waals surface area (Å²) in [4.78, 5) is 11.9. The predicted molar refractivity (Wildman–Crippen MR) is 75.5 cm³/mol. The van der Waals surface area contributed by atoms with E-state index in [1.54, 1.807) is 0 Å². The standard InChI is InChI=1S/C15H22N2O2/c16-14-4-2-1-3-12(14)9-15(19)17-10-11-5-7-13(18)8-6-11/h1-4,11,13,18H,5-10,16H2,(H,17,19). The third-order valence-corrected chi connectivity index (χ3v) is 3.81. The number of nitrogen functional groups attached to an aromatic ring is 1. The minimum atomic E-state index is -0.143. The van der Waals surface area contributed by atoms with Gasteiger partial charge in [-0.2, -0.15) is 0 Å². The van der Waals surface area contributed by atoms with Crippen molar-refractivity contribution in [2.45, 2.75) is 38.2 Å². The van der Waals surface area contributed by atoms with Gasteiger partial charge >= 0.3 is 0 Å². The lowest BCUT2D eigenvalue weighted by Crippen LogP contribution is -2.33. The Morgan fingerprint density at radius 1 is 1.26 bits per heavy atom. The van der Waals surface area contributed by atoms with Crippen molar-refractivity contribution in [3.05, 3.63) is 29.8 Å². The van der Waals surface area contributed by atoms with E-state index >= 15 is 0 Å². The van der Waals surface area contributed by atoms with E-state index in [-0.39, 0.29) is 12.0 Å². The van der Waals surface area contributed by atoms with Gasteiger partial charge in [-0.25, -0.2) is 0 Å². The van der Waals surface area contributed by atoms with Crippen molar-refractivity contribution in [2.75, 3.05) is 12.3 Å². The summed E-state index contributed by atoms with van der Waals surface area (Å²) in [5.74, 6) is 0.518. The SMILES string of the molecule is Nc1ccccc1CC(=O)NCC1CCC(O)CC1. The van der Waals surface area contributed by atoms with Crippen LogP contribution in [0.4, 0.5) is 5.69 Å². The zero-order chi connectivity index (χ0) is 13.7. The van der Waals surface area contributed by atoms with Gasteiger partial charge in [0.2, 0.25) is 5.91 Å². The quantitative estimate of drug-likeness (QED) is 0.719. The van der Waals surface area contributed by atoms with Crippen LogP contribution in [-0.2, 0) is 11.2 Å². The first-order valence-corrected chi connectivity index (χ1v) is 6.93. The van der Waals surface area contributed by atoms with Gasteiger partial charge in [-0.15, -0.1) is 0 Å². The first-order chi connectivity index (χ1) is 9.15. The molecule has 1 aromatic rings. The van der Waals surface area contributed by atoms with Crippen LogP contribution in [-0.4, -0.2) is 23.7 Å². The van der Waals surface area contributed by atoms with Gasteiger partial charge in [0, 0.05) is 12.2 Å². The zero-order valence-electron chi connectivity index (χ0n) is 11.1. The number of benzene rings is 1. The monoisotopic (exact) mass is 262 g/mol. The van der Waals surface area contributed by atoms with Gasteiger partial charge in [-0.3, -0.25) is 4.79 Å². The first kappa shape index (κ1) is 13.9. The number of hydrogen-bond donors (Lipinski definition) is 3. The van der Waals surface area contributed by atoms with Crippen LogP contribution in [0, 0.1) is 5.92 Å². The van der Waals surface area contributed by atoms with Crippen molar-refractivity contribution in [1.82, 2.24) is 5.32 Å². The zero-order valence-corrected chi connectivity index (χ0v) is 11.1. The Kier molecular flexibility index (Phi) is 4.80. The summed E-state index contributed by atoms with van der Waals surface area (Å²) in [6.45, 7) is 0.707. The molecule has 1 saturated carbocycles. The van der Waals surface area contributed by atoms with Crippen molar-refractivity contribution >= 4 is 11.6 Å². The second-order valence-electron chi connectivity index (χ2n) is 5.35. The van der Waals surface area contributed by atoms with Crippen molar-refractivity contribution in [2.24, 2.45) is 5.92 Å². The van der Waals surface area contributed by atoms with Crippen LogP contribution < -0.4 is 11.1 Å². The molecule has 4 heteroatoms. The fraction of sp³-hybridized carbons (Fsp3) is 0.533. The highest BCUT2D eigenvalue weighted by molar-refractivity contribution is 5.80. The number of hydrogen-bond acceptors (Lipinski definition) is 3. The van der Waals surface area contributed by atoms with Gasteiger partial charge in [0.25, 0.3) is 0 Å². The van der Waals surface area contributed by atoms with E-state index in [0.717, 1.165) is 31.2 Å². The Bertz CT molecular complexity index is 426. The van der Waals surface area contributed by atoms with Crippen molar-refractivity contribution in [1.29, 1.82) is 0 Å². The summed E-state index contributed by atoms with van der Waals surface area (Å²) in [6, 6.07) is 7.45. The Morgan fingerprint density at radius 3 is 2.63 bits per heavy atom. The molecule has 4 nitrogen and oxygen atoms in total. The Morgan fingerprint density at radius 2 is 1.95 bits per heavy atom. The van der Waals surface area contributed by atoms with Gasteiger partial charge in [-0.05, 0) is 43.2 Å². The predicted octanol–water partition coefficient (Wildman–Crippen LogP) is 1.48. The third kappa shape index (κ3) is 4.24. The smallest absolute Gasteiger partial charge is 0.224 e. The molecule has 0 bridgehead atoms. The first-order valence-electron chi connectivity index (χ1n) is 6.93. The Labute approximate surface area is 114 Å². The number of carbonyl (C=O) groups is 1. The van der Waals surface area contributed by atoms with E-state index in [1.807, 2.05) is 24.3 Å². The number of aliphatic hydroxyl groups excluding tert-OH is 1. The average molecular weight is 262 g/mol. The molecule has 0 radical (unpaired) electrons. The number of nitrogens with two attached hydrogens (primary N) is 1. The van der Waals surface area contributed by atoms with E-state index in [1.165, 1.54) is 0 Å². The minimum Gasteiger partial charge on any atom is -0.398 e. The van der Waals surface area contributed by atoms with E-state index < -0.39 is 0 Å². The number of aliphatic hydroxyl groups is 1. The molecule has 0 atom stereocenters. The molecule has 1 aliphatic rings. The van der Waals surface area contributed by atoms with Gasteiger partial charge in [0.05, 0.1) is 12.5 Å². The molecule has 0 aliphatic heterocycles. The number of rotatable bonds is 4. The van der Waals surface area contributed by atoms with Crippen molar-refractivity contribution in [3.63, 3.8) is 0 Å². The molecule has 0 saturated heterocycles. The summed E-state index contributed by atoms with van der Waals surface area (Å²) >= 11 is 0. The number of para-hydroxylation sites is 1. The number of anilines is 1. The summed E-state index contributed by atoms with van der Waals surface area (Å²) in [5.41, 5.74) is 7.35. The van der Waals surface area contributed by atoms with Gasteiger partial charge in [0.15, 0.2) is 0 Å². The van der Waals surface area contributed by atoms with Gasteiger partial charge < -0.3 is 16.2 Å². The molecule has 104 valence electrons. The topological polar surface area (TPSA) is 75.4 Å². The van der Waals surface area contributed by atoms with Crippen LogP contribution in [0.1, 0.15) is 31.2 Å². The fourth-order valence-electron chi connectivity index (χ4n) is 2.54. The molecule has 1 aliphatic carbocycles. The second kappa shape index (κ2) is 6.57. The van der Waals surface area contributed by atoms with Gasteiger partial charge in [-0.1, -0.05) is 18.2 Å². The molecule has 0 aromatic heterocycles. The minimum absolute atomic E-state index is 0.0176. The molecule has 1 amide bonds. The van der Waals surface area contributed by atoms with Crippen molar-refractivity contribution in [3.8, 4) is 0 Å². The summed E-state index contributed by atoms with van der Waals surface area (Å²) < 4.78 is 0. The highest BCUT2D eigenvalue weighted by Gasteiger charge is 2.19. The highest BCUT2D eigenvalue weighted by Crippen LogP contribution is 2.23. The van der Waals surface area contributed by atoms with E-state index in [4.69, 9.17) is 5.73 Å². The highest BCUT2D eigenvalue weighted by atomic mass is 16.3. The largest absolute Gasteiger partial charge is 0.398 e. The van der Waals surface area contributed by atoms with E-state index in [2.05, 4.69) is 5.32 Å². The third-order valence-electron chi connectivity index (χ3n) is 3.81. The number of carbonyl (C=O) groups excluding carboxylic acids is 1. The summed E-state index contributed by atoms with van der Waals surface area (Å²) in [6.07, 6.45) is 3.89. The second-order valence-corrected chi connectivity index (χ2v) is 5.35. The molecule has 1 aromatic carbocycles. The lowest BCUT2D eigenvalue weighted by atomic mass is 9.87. The molecular weight excluding hydrogens is 240 g/mol. The molecule has 0 heterocycles. The maximum Gasteiger partial charge on any atom is 0.224 e. The lowest BCUT2D eigenvalue weighted by Gasteiger charge is -2.25. The molecule has 0 spiro atoms. The van der Waals surface area contributed by atoms with Crippen LogP contribution in [0.25, 0.3) is 0 Å². The maximum absolute atomic E-state index is 11.9. The average Bonchev–Trinajstić information content (AvgIpc) is 2.41. The summed E-state index contributed by atoms with van der Waals surface area (Å²) in [7, 11) is 0. The van der Waals surface area contributed by atoms with Gasteiger partial charge in [0.1, 0.15) is 0 Å². The van der Waals surface area contributed by atoms with Crippen LogP contribution in [0.3, 0.4) is 0 Å². The normalized spacial score (nSPS) is 23.0. The summed E-state index contributed by atoms with van der Waals surface area (Å²) in [5, 5.41) is 12.4. The fourth-order valence-corrected chi connectivity index (χ4v) is 2.54. The number of nitrogens with one attached hydrogen (secondary N) is 1. The maximum atomic E-state index is 11.9. The Balaban J connectivity index is 1.74. The number of amides is 1.